The fraction of sp³-hybridized carbons (Fsp3) is 0.533. The Kier molecular flexibility index (Phi) is 4.77. The van der Waals surface area contributed by atoms with Crippen LogP contribution in [0.4, 0.5) is 0 Å². The van der Waals surface area contributed by atoms with Crippen molar-refractivity contribution in [3.8, 4) is 0 Å². The number of aryl methyl sites for hydroxylation is 3. The Hall–Kier alpha value is -1.13. The number of hydrogen-bond donors (Lipinski definition) is 1. The standard InChI is InChI=1S/C15H23N3S/c1-5-16-14(9-8-13-7-6-10-19-13)15-11(2)17-18(4)12(15)3/h6-7,10,14,16H,5,8-9H2,1-4H3. The van der Waals surface area contributed by atoms with E-state index in [1.807, 2.05) is 23.1 Å². The molecular formula is C15H23N3S. The lowest BCUT2D eigenvalue weighted by molar-refractivity contribution is 0.512. The Bertz CT molecular complexity index is 514. The van der Waals surface area contributed by atoms with Gasteiger partial charge in [-0.05, 0) is 44.7 Å². The molecule has 2 aromatic heterocycles. The van der Waals surface area contributed by atoms with Gasteiger partial charge in [-0.1, -0.05) is 13.0 Å². The molecular weight excluding hydrogens is 254 g/mol. The van der Waals surface area contributed by atoms with E-state index in [1.54, 1.807) is 0 Å². The predicted octanol–water partition coefficient (Wildman–Crippen LogP) is 3.38. The van der Waals surface area contributed by atoms with Crippen LogP contribution in [0.5, 0.6) is 0 Å². The van der Waals surface area contributed by atoms with E-state index in [2.05, 4.69) is 48.7 Å². The highest BCUT2D eigenvalue weighted by molar-refractivity contribution is 7.09. The fourth-order valence-corrected chi connectivity index (χ4v) is 3.36. The molecule has 104 valence electrons. The first-order chi connectivity index (χ1) is 9.13. The molecule has 1 atom stereocenters. The van der Waals surface area contributed by atoms with Crippen LogP contribution in [-0.2, 0) is 13.5 Å². The topological polar surface area (TPSA) is 29.9 Å². The molecule has 1 unspecified atom stereocenters. The summed E-state index contributed by atoms with van der Waals surface area (Å²) in [7, 11) is 2.02. The van der Waals surface area contributed by atoms with Gasteiger partial charge in [0.1, 0.15) is 0 Å². The minimum Gasteiger partial charge on any atom is -0.310 e. The van der Waals surface area contributed by atoms with E-state index < -0.39 is 0 Å². The van der Waals surface area contributed by atoms with E-state index >= 15 is 0 Å². The summed E-state index contributed by atoms with van der Waals surface area (Å²) < 4.78 is 1.99. The molecule has 4 heteroatoms. The van der Waals surface area contributed by atoms with E-state index in [1.165, 1.54) is 16.1 Å². The second-order valence-corrected chi connectivity index (χ2v) is 5.97. The van der Waals surface area contributed by atoms with Gasteiger partial charge >= 0.3 is 0 Å². The second-order valence-electron chi connectivity index (χ2n) is 4.94. The molecule has 0 amide bonds. The monoisotopic (exact) mass is 277 g/mol. The molecule has 0 aliphatic carbocycles. The first kappa shape index (κ1) is 14.3. The number of thiophene rings is 1. The summed E-state index contributed by atoms with van der Waals surface area (Å²) in [6, 6.07) is 4.75. The van der Waals surface area contributed by atoms with E-state index in [9.17, 15) is 0 Å². The summed E-state index contributed by atoms with van der Waals surface area (Å²) in [5, 5.41) is 10.3. The number of rotatable bonds is 6. The number of hydrogen-bond acceptors (Lipinski definition) is 3. The van der Waals surface area contributed by atoms with Gasteiger partial charge in [-0.15, -0.1) is 11.3 Å². The average molecular weight is 277 g/mol. The van der Waals surface area contributed by atoms with Crippen LogP contribution in [0.3, 0.4) is 0 Å². The first-order valence-corrected chi connectivity index (χ1v) is 7.77. The minimum atomic E-state index is 0.404. The van der Waals surface area contributed by atoms with Crippen LogP contribution in [-0.4, -0.2) is 16.3 Å². The molecule has 0 saturated heterocycles. The molecule has 0 aromatic carbocycles. The van der Waals surface area contributed by atoms with Crippen LogP contribution in [0, 0.1) is 13.8 Å². The van der Waals surface area contributed by atoms with E-state index in [0.29, 0.717) is 6.04 Å². The third-order valence-electron chi connectivity index (χ3n) is 3.62. The highest BCUT2D eigenvalue weighted by atomic mass is 32.1. The number of nitrogens with zero attached hydrogens (tertiary/aromatic N) is 2. The number of aromatic nitrogens is 2. The molecule has 0 aliphatic rings. The molecule has 1 N–H and O–H groups in total. The van der Waals surface area contributed by atoms with E-state index in [-0.39, 0.29) is 0 Å². The van der Waals surface area contributed by atoms with Crippen LogP contribution in [0.15, 0.2) is 17.5 Å². The zero-order valence-electron chi connectivity index (χ0n) is 12.2. The molecule has 2 rings (SSSR count). The van der Waals surface area contributed by atoms with Crippen molar-refractivity contribution in [2.24, 2.45) is 7.05 Å². The third-order valence-corrected chi connectivity index (χ3v) is 4.56. The molecule has 2 aromatic rings. The zero-order chi connectivity index (χ0) is 13.8. The average Bonchev–Trinajstić information content (AvgIpc) is 2.96. The molecule has 19 heavy (non-hydrogen) atoms. The molecule has 0 spiro atoms. The second kappa shape index (κ2) is 6.35. The zero-order valence-corrected chi connectivity index (χ0v) is 13.0. The van der Waals surface area contributed by atoms with Crippen molar-refractivity contribution in [1.29, 1.82) is 0 Å². The maximum atomic E-state index is 4.54. The van der Waals surface area contributed by atoms with Crippen LogP contribution >= 0.6 is 11.3 Å². The van der Waals surface area contributed by atoms with Crippen LogP contribution in [0.1, 0.15) is 41.2 Å². The van der Waals surface area contributed by atoms with E-state index in [0.717, 1.165) is 25.1 Å². The Labute approximate surface area is 119 Å². The van der Waals surface area contributed by atoms with Gasteiger partial charge in [0.05, 0.1) is 5.69 Å². The quantitative estimate of drug-likeness (QED) is 0.877. The van der Waals surface area contributed by atoms with Crippen LogP contribution < -0.4 is 5.32 Å². The normalized spacial score (nSPS) is 12.8. The Balaban J connectivity index is 2.14. The van der Waals surface area contributed by atoms with Crippen molar-refractivity contribution in [2.75, 3.05) is 6.54 Å². The van der Waals surface area contributed by atoms with Gasteiger partial charge in [-0.25, -0.2) is 0 Å². The smallest absolute Gasteiger partial charge is 0.0644 e. The van der Waals surface area contributed by atoms with Crippen molar-refractivity contribution in [1.82, 2.24) is 15.1 Å². The number of nitrogens with one attached hydrogen (secondary N) is 1. The maximum absolute atomic E-state index is 4.54. The first-order valence-electron chi connectivity index (χ1n) is 6.89. The molecule has 3 nitrogen and oxygen atoms in total. The molecule has 0 fully saturated rings. The lowest BCUT2D eigenvalue weighted by Gasteiger charge is -2.18. The highest BCUT2D eigenvalue weighted by Crippen LogP contribution is 2.26. The van der Waals surface area contributed by atoms with Gasteiger partial charge in [0.25, 0.3) is 0 Å². The van der Waals surface area contributed by atoms with Gasteiger partial charge in [0, 0.05) is 29.2 Å². The Morgan fingerprint density at radius 3 is 2.74 bits per heavy atom. The van der Waals surface area contributed by atoms with Gasteiger partial charge in [-0.3, -0.25) is 4.68 Å². The van der Waals surface area contributed by atoms with Crippen molar-refractivity contribution in [3.05, 3.63) is 39.3 Å². The minimum absolute atomic E-state index is 0.404. The van der Waals surface area contributed by atoms with Gasteiger partial charge in [-0.2, -0.15) is 5.10 Å². The summed E-state index contributed by atoms with van der Waals surface area (Å²) >= 11 is 1.84. The van der Waals surface area contributed by atoms with Crippen LogP contribution in [0.2, 0.25) is 0 Å². The molecule has 2 heterocycles. The van der Waals surface area contributed by atoms with Crippen molar-refractivity contribution in [3.63, 3.8) is 0 Å². The largest absolute Gasteiger partial charge is 0.310 e. The van der Waals surface area contributed by atoms with Crippen molar-refractivity contribution < 1.29 is 0 Å². The fourth-order valence-electron chi connectivity index (χ4n) is 2.63. The predicted molar refractivity (Wildman–Crippen MR) is 81.7 cm³/mol. The lowest BCUT2D eigenvalue weighted by Crippen LogP contribution is -2.22. The SMILES string of the molecule is CCNC(CCc1cccs1)c1c(C)nn(C)c1C. The van der Waals surface area contributed by atoms with Crippen LogP contribution in [0.25, 0.3) is 0 Å². The van der Waals surface area contributed by atoms with E-state index in [4.69, 9.17) is 0 Å². The van der Waals surface area contributed by atoms with Gasteiger partial charge < -0.3 is 5.32 Å². The van der Waals surface area contributed by atoms with Crippen molar-refractivity contribution in [2.45, 2.75) is 39.7 Å². The summed E-state index contributed by atoms with van der Waals surface area (Å²) in [6.07, 6.45) is 2.25. The molecule has 0 radical (unpaired) electrons. The Morgan fingerprint density at radius 1 is 1.42 bits per heavy atom. The molecule has 0 aliphatic heterocycles. The van der Waals surface area contributed by atoms with Gasteiger partial charge in [0.2, 0.25) is 0 Å². The lowest BCUT2D eigenvalue weighted by atomic mass is 9.99. The third kappa shape index (κ3) is 3.25. The maximum Gasteiger partial charge on any atom is 0.0644 e. The Morgan fingerprint density at radius 2 is 2.21 bits per heavy atom. The van der Waals surface area contributed by atoms with Crippen molar-refractivity contribution >= 4 is 11.3 Å². The summed E-state index contributed by atoms with van der Waals surface area (Å²) in [4.78, 5) is 1.46. The summed E-state index contributed by atoms with van der Waals surface area (Å²) in [6.45, 7) is 7.42. The summed E-state index contributed by atoms with van der Waals surface area (Å²) in [5.41, 5.74) is 3.80. The summed E-state index contributed by atoms with van der Waals surface area (Å²) in [5.74, 6) is 0. The molecule has 0 saturated carbocycles. The molecule has 0 bridgehead atoms. The van der Waals surface area contributed by atoms with Gasteiger partial charge in [0.15, 0.2) is 0 Å². The highest BCUT2D eigenvalue weighted by Gasteiger charge is 2.19.